The van der Waals surface area contributed by atoms with Crippen LogP contribution in [0.4, 0.5) is 5.82 Å². The molecule has 0 saturated carbocycles. The Hall–Kier alpha value is -3.74. The van der Waals surface area contributed by atoms with Crippen LogP contribution in [0.2, 0.25) is 0 Å². The fourth-order valence-electron chi connectivity index (χ4n) is 3.55. The summed E-state index contributed by atoms with van der Waals surface area (Å²) in [5, 5.41) is 13.5. The Kier molecular flexibility index (Phi) is 4.72. The van der Waals surface area contributed by atoms with Gasteiger partial charge in [0.15, 0.2) is 0 Å². The first kappa shape index (κ1) is 18.6. The molecular weight excluding hydrogens is 366 g/mol. The average Bonchev–Trinajstić information content (AvgIpc) is 3.24. The van der Waals surface area contributed by atoms with Gasteiger partial charge in [-0.05, 0) is 30.2 Å². The molecule has 7 nitrogen and oxygen atoms in total. The quantitative estimate of drug-likeness (QED) is 0.421. The van der Waals surface area contributed by atoms with E-state index in [4.69, 9.17) is 0 Å². The third-order valence-electron chi connectivity index (χ3n) is 5.10. The predicted molar refractivity (Wildman–Crippen MR) is 111 cm³/mol. The van der Waals surface area contributed by atoms with Gasteiger partial charge in [0.25, 0.3) is 11.7 Å². The zero-order chi connectivity index (χ0) is 20.5. The number of carbonyl (C=O) groups is 2. The Bertz CT molecular complexity index is 1230. The van der Waals surface area contributed by atoms with Crippen LogP contribution in [-0.2, 0) is 18.4 Å². The lowest BCUT2D eigenvalue weighted by atomic mass is 10.0. The highest BCUT2D eigenvalue weighted by Gasteiger charge is 2.24. The fourth-order valence-corrected chi connectivity index (χ4v) is 3.55. The van der Waals surface area contributed by atoms with E-state index in [1.807, 2.05) is 24.3 Å². The maximum absolute atomic E-state index is 12.7. The largest absolute Gasteiger partial charge is 0.304 e. The number of amides is 1. The second-order valence-electron chi connectivity index (χ2n) is 6.97. The van der Waals surface area contributed by atoms with Crippen LogP contribution >= 0.6 is 0 Å². The standard InChI is InChI=1S/C22H21N5O2/c1-14-20(15(2)26(3)25-14)21(28)22(29)24-19-11-12-23-27(19)13-17-9-6-8-16-7-4-5-10-18(16)17/h4-12H,13H2,1-3H3,(H,24,29). The lowest BCUT2D eigenvalue weighted by Crippen LogP contribution is -2.25. The normalized spacial score (nSPS) is 11.0. The van der Waals surface area contributed by atoms with E-state index in [0.29, 0.717) is 29.3 Å². The molecule has 0 spiro atoms. The van der Waals surface area contributed by atoms with E-state index < -0.39 is 11.7 Å². The maximum Gasteiger partial charge on any atom is 0.298 e. The van der Waals surface area contributed by atoms with Gasteiger partial charge in [0.1, 0.15) is 5.82 Å². The number of Topliss-reactive ketones (excluding diaryl/α,β-unsaturated/α-hetero) is 1. The number of fused-ring (bicyclic) bond motifs is 1. The summed E-state index contributed by atoms with van der Waals surface area (Å²) in [5.74, 6) is -0.842. The van der Waals surface area contributed by atoms with Gasteiger partial charge in [-0.15, -0.1) is 0 Å². The lowest BCUT2D eigenvalue weighted by molar-refractivity contribution is -0.112. The summed E-state index contributed by atoms with van der Waals surface area (Å²) >= 11 is 0. The second-order valence-corrected chi connectivity index (χ2v) is 6.97. The van der Waals surface area contributed by atoms with Gasteiger partial charge in [-0.3, -0.25) is 14.3 Å². The number of anilines is 1. The van der Waals surface area contributed by atoms with Crippen LogP contribution in [0.3, 0.4) is 0 Å². The molecule has 0 fully saturated rings. The molecule has 2 aromatic heterocycles. The number of aryl methyl sites for hydroxylation is 2. The van der Waals surface area contributed by atoms with Crippen molar-refractivity contribution in [1.82, 2.24) is 19.6 Å². The molecule has 1 amide bonds. The predicted octanol–water partition coefficient (Wildman–Crippen LogP) is 3.26. The van der Waals surface area contributed by atoms with E-state index in [9.17, 15) is 9.59 Å². The van der Waals surface area contributed by atoms with Crippen LogP contribution in [0.1, 0.15) is 27.3 Å². The first-order valence-electron chi connectivity index (χ1n) is 9.30. The summed E-state index contributed by atoms with van der Waals surface area (Å²) in [4.78, 5) is 25.3. The van der Waals surface area contributed by atoms with Gasteiger partial charge in [0.2, 0.25) is 0 Å². The summed E-state index contributed by atoms with van der Waals surface area (Å²) in [6.45, 7) is 3.96. The lowest BCUT2D eigenvalue weighted by Gasteiger charge is -2.11. The number of rotatable bonds is 5. The summed E-state index contributed by atoms with van der Waals surface area (Å²) in [6.07, 6.45) is 1.60. The molecule has 2 aromatic carbocycles. The number of benzene rings is 2. The molecule has 0 aliphatic rings. The molecule has 1 N–H and O–H groups in total. The summed E-state index contributed by atoms with van der Waals surface area (Å²) in [6, 6.07) is 15.9. The molecule has 0 bridgehead atoms. The van der Waals surface area contributed by atoms with Crippen LogP contribution in [0.15, 0.2) is 54.7 Å². The highest BCUT2D eigenvalue weighted by atomic mass is 16.2. The Morgan fingerprint density at radius 3 is 2.55 bits per heavy atom. The zero-order valence-electron chi connectivity index (χ0n) is 16.5. The molecule has 29 heavy (non-hydrogen) atoms. The Labute approximate surface area is 168 Å². The minimum Gasteiger partial charge on any atom is -0.304 e. The van der Waals surface area contributed by atoms with Crippen LogP contribution in [0, 0.1) is 13.8 Å². The van der Waals surface area contributed by atoms with Gasteiger partial charge in [-0.25, -0.2) is 4.68 Å². The van der Waals surface area contributed by atoms with E-state index in [-0.39, 0.29) is 0 Å². The molecule has 0 aliphatic heterocycles. The van der Waals surface area contributed by atoms with Gasteiger partial charge < -0.3 is 5.32 Å². The number of aromatic nitrogens is 4. The monoisotopic (exact) mass is 387 g/mol. The minimum absolute atomic E-state index is 0.338. The number of nitrogens with one attached hydrogen (secondary N) is 1. The van der Waals surface area contributed by atoms with Gasteiger partial charge >= 0.3 is 0 Å². The fraction of sp³-hybridized carbons (Fsp3) is 0.182. The number of carbonyl (C=O) groups excluding carboxylic acids is 2. The molecule has 0 atom stereocenters. The van der Waals surface area contributed by atoms with Gasteiger partial charge in [-0.1, -0.05) is 42.5 Å². The van der Waals surface area contributed by atoms with Gasteiger partial charge in [0.05, 0.1) is 24.0 Å². The number of ketones is 1. The summed E-state index contributed by atoms with van der Waals surface area (Å²) in [7, 11) is 1.75. The van der Waals surface area contributed by atoms with E-state index in [2.05, 4.69) is 33.7 Å². The number of hydrogen-bond acceptors (Lipinski definition) is 4. The van der Waals surface area contributed by atoms with Crippen molar-refractivity contribution in [2.45, 2.75) is 20.4 Å². The Morgan fingerprint density at radius 1 is 1.03 bits per heavy atom. The number of nitrogens with zero attached hydrogens (tertiary/aromatic N) is 4. The molecular formula is C22H21N5O2. The van der Waals surface area contributed by atoms with Crippen LogP contribution in [0.5, 0.6) is 0 Å². The van der Waals surface area contributed by atoms with Crippen molar-refractivity contribution >= 4 is 28.3 Å². The zero-order valence-corrected chi connectivity index (χ0v) is 16.5. The van der Waals surface area contributed by atoms with E-state index in [1.54, 1.807) is 42.5 Å². The molecule has 4 rings (SSSR count). The highest BCUT2D eigenvalue weighted by molar-refractivity contribution is 6.47. The third-order valence-corrected chi connectivity index (χ3v) is 5.10. The Morgan fingerprint density at radius 2 is 1.79 bits per heavy atom. The maximum atomic E-state index is 12.7. The molecule has 0 unspecified atom stereocenters. The topological polar surface area (TPSA) is 81.8 Å². The van der Waals surface area contributed by atoms with Crippen molar-refractivity contribution in [1.29, 1.82) is 0 Å². The first-order chi connectivity index (χ1) is 14.0. The van der Waals surface area contributed by atoms with Crippen molar-refractivity contribution in [2.24, 2.45) is 7.05 Å². The van der Waals surface area contributed by atoms with Crippen LogP contribution in [0.25, 0.3) is 10.8 Å². The highest BCUT2D eigenvalue weighted by Crippen LogP contribution is 2.21. The molecule has 0 radical (unpaired) electrons. The molecule has 0 aliphatic carbocycles. The van der Waals surface area contributed by atoms with Crippen molar-refractivity contribution in [3.8, 4) is 0 Å². The third kappa shape index (κ3) is 3.42. The Balaban J connectivity index is 1.58. The van der Waals surface area contributed by atoms with E-state index in [1.165, 1.54) is 0 Å². The van der Waals surface area contributed by atoms with E-state index in [0.717, 1.165) is 16.3 Å². The molecule has 2 heterocycles. The van der Waals surface area contributed by atoms with Crippen LogP contribution in [-0.4, -0.2) is 31.3 Å². The van der Waals surface area contributed by atoms with Gasteiger partial charge in [-0.2, -0.15) is 10.2 Å². The minimum atomic E-state index is -0.705. The van der Waals surface area contributed by atoms with Crippen LogP contribution < -0.4 is 5.32 Å². The van der Waals surface area contributed by atoms with Crippen molar-refractivity contribution in [3.63, 3.8) is 0 Å². The van der Waals surface area contributed by atoms with Crippen molar-refractivity contribution in [3.05, 3.63) is 77.2 Å². The van der Waals surface area contributed by atoms with Gasteiger partial charge in [0, 0.05) is 18.8 Å². The molecule has 146 valence electrons. The van der Waals surface area contributed by atoms with Crippen molar-refractivity contribution < 1.29 is 9.59 Å². The molecule has 7 heteroatoms. The SMILES string of the molecule is Cc1nn(C)c(C)c1C(=O)C(=O)Nc1ccnn1Cc1cccc2ccccc12. The number of hydrogen-bond donors (Lipinski definition) is 1. The molecule has 4 aromatic rings. The summed E-state index contributed by atoms with van der Waals surface area (Å²) < 4.78 is 3.27. The van der Waals surface area contributed by atoms with Crippen molar-refractivity contribution in [2.75, 3.05) is 5.32 Å². The average molecular weight is 387 g/mol. The van der Waals surface area contributed by atoms with E-state index >= 15 is 0 Å². The second kappa shape index (κ2) is 7.35. The smallest absolute Gasteiger partial charge is 0.298 e. The first-order valence-corrected chi connectivity index (χ1v) is 9.30. The molecule has 0 saturated heterocycles. The summed E-state index contributed by atoms with van der Waals surface area (Å²) in [5.41, 5.74) is 2.61.